The molecule has 0 aliphatic heterocycles. The summed E-state index contributed by atoms with van der Waals surface area (Å²) in [6, 6.07) is 2.22. The highest BCUT2D eigenvalue weighted by atomic mass is 32.2. The number of nitrogens with two attached hydrogens (primary N) is 1. The van der Waals surface area contributed by atoms with Gasteiger partial charge in [-0.25, -0.2) is 13.6 Å². The summed E-state index contributed by atoms with van der Waals surface area (Å²) < 4.78 is 24.0. The zero-order valence-electron chi connectivity index (χ0n) is 8.60. The van der Waals surface area contributed by atoms with Gasteiger partial charge in [-0.15, -0.1) is 0 Å². The van der Waals surface area contributed by atoms with E-state index in [-0.39, 0.29) is 4.90 Å². The van der Waals surface area contributed by atoms with Gasteiger partial charge in [-0.3, -0.25) is 0 Å². The Kier molecular flexibility index (Phi) is 2.57. The molecule has 0 unspecified atom stereocenters. The minimum absolute atomic E-state index is 0.178. The number of rotatable bonds is 4. The zero-order chi connectivity index (χ0) is 11.1. The average Bonchev–Trinajstić information content (AvgIpc) is 2.86. The molecule has 0 amide bonds. The molecule has 1 saturated carbocycles. The third-order valence-electron chi connectivity index (χ3n) is 2.56. The summed E-state index contributed by atoms with van der Waals surface area (Å²) in [5.41, 5.74) is 0.936. The highest BCUT2D eigenvalue weighted by Gasteiger charge is 2.21. The van der Waals surface area contributed by atoms with Gasteiger partial charge in [0.25, 0.3) is 0 Å². The highest BCUT2D eigenvalue weighted by Crippen LogP contribution is 2.20. The van der Waals surface area contributed by atoms with E-state index in [1.165, 1.54) is 12.8 Å². The van der Waals surface area contributed by atoms with Crippen molar-refractivity contribution in [1.29, 1.82) is 0 Å². The second-order valence-corrected chi connectivity index (χ2v) is 5.54. The van der Waals surface area contributed by atoms with Crippen molar-refractivity contribution in [1.82, 2.24) is 9.88 Å². The Morgan fingerprint density at radius 3 is 2.73 bits per heavy atom. The molecule has 6 heteroatoms. The van der Waals surface area contributed by atoms with E-state index in [1.54, 1.807) is 16.8 Å². The summed E-state index contributed by atoms with van der Waals surface area (Å²) in [4.78, 5) is 0.178. The van der Waals surface area contributed by atoms with Crippen LogP contribution in [0.1, 0.15) is 18.5 Å². The SMILES string of the molecule is Cn1cc(S(N)(=O)=O)cc1CNC1CC1. The van der Waals surface area contributed by atoms with Gasteiger partial charge in [0, 0.05) is 31.5 Å². The fraction of sp³-hybridized carbons (Fsp3) is 0.556. The van der Waals surface area contributed by atoms with Crippen molar-refractivity contribution in [2.75, 3.05) is 0 Å². The quantitative estimate of drug-likeness (QED) is 0.758. The summed E-state index contributed by atoms with van der Waals surface area (Å²) in [6.45, 7) is 0.691. The zero-order valence-corrected chi connectivity index (χ0v) is 9.42. The van der Waals surface area contributed by atoms with Gasteiger partial charge in [-0.1, -0.05) is 0 Å². The summed E-state index contributed by atoms with van der Waals surface area (Å²) in [7, 11) is -1.76. The van der Waals surface area contributed by atoms with Crippen molar-refractivity contribution in [3.05, 3.63) is 18.0 Å². The maximum atomic E-state index is 11.1. The fourth-order valence-corrected chi connectivity index (χ4v) is 2.05. The Labute approximate surface area is 89.3 Å². The molecular weight excluding hydrogens is 214 g/mol. The minimum atomic E-state index is -3.58. The number of hydrogen-bond donors (Lipinski definition) is 2. The lowest BCUT2D eigenvalue weighted by Gasteiger charge is -2.03. The number of aryl methyl sites for hydroxylation is 1. The van der Waals surface area contributed by atoms with E-state index >= 15 is 0 Å². The highest BCUT2D eigenvalue weighted by molar-refractivity contribution is 7.89. The van der Waals surface area contributed by atoms with Gasteiger partial charge in [-0.05, 0) is 18.9 Å². The molecule has 1 fully saturated rings. The molecule has 0 aromatic carbocycles. The summed E-state index contributed by atoms with van der Waals surface area (Å²) >= 11 is 0. The van der Waals surface area contributed by atoms with Gasteiger partial charge in [-0.2, -0.15) is 0 Å². The Bertz CT molecular complexity index is 460. The van der Waals surface area contributed by atoms with Crippen LogP contribution in [0.5, 0.6) is 0 Å². The van der Waals surface area contributed by atoms with E-state index < -0.39 is 10.0 Å². The van der Waals surface area contributed by atoms with Crippen LogP contribution in [0.4, 0.5) is 0 Å². The number of hydrogen-bond acceptors (Lipinski definition) is 3. The van der Waals surface area contributed by atoms with Crippen LogP contribution in [-0.4, -0.2) is 19.0 Å². The third kappa shape index (κ3) is 2.58. The molecule has 15 heavy (non-hydrogen) atoms. The molecule has 1 aromatic heterocycles. The number of primary sulfonamides is 1. The second-order valence-electron chi connectivity index (χ2n) is 3.98. The lowest BCUT2D eigenvalue weighted by molar-refractivity contribution is 0.597. The van der Waals surface area contributed by atoms with Gasteiger partial charge in [0.15, 0.2) is 0 Å². The largest absolute Gasteiger partial charge is 0.352 e. The minimum Gasteiger partial charge on any atom is -0.352 e. The molecule has 84 valence electrons. The second kappa shape index (κ2) is 3.62. The number of aromatic nitrogens is 1. The van der Waals surface area contributed by atoms with Crippen LogP contribution in [0.3, 0.4) is 0 Å². The monoisotopic (exact) mass is 229 g/mol. The average molecular weight is 229 g/mol. The first-order valence-electron chi connectivity index (χ1n) is 4.88. The van der Waals surface area contributed by atoms with Crippen LogP contribution in [0.25, 0.3) is 0 Å². The van der Waals surface area contributed by atoms with Crippen molar-refractivity contribution >= 4 is 10.0 Å². The van der Waals surface area contributed by atoms with Crippen LogP contribution in [0.15, 0.2) is 17.2 Å². The Morgan fingerprint density at radius 2 is 2.27 bits per heavy atom. The van der Waals surface area contributed by atoms with Crippen LogP contribution >= 0.6 is 0 Å². The van der Waals surface area contributed by atoms with Crippen molar-refractivity contribution in [3.63, 3.8) is 0 Å². The topological polar surface area (TPSA) is 77.1 Å². The molecule has 3 N–H and O–H groups in total. The standard InChI is InChI=1S/C9H15N3O2S/c1-12-6-9(15(10,13)14)4-8(12)5-11-7-2-3-7/h4,6-7,11H,2-3,5H2,1H3,(H2,10,13,14). The van der Waals surface area contributed by atoms with E-state index in [4.69, 9.17) is 5.14 Å². The molecule has 0 saturated heterocycles. The van der Waals surface area contributed by atoms with Gasteiger partial charge in [0.2, 0.25) is 10.0 Å². The van der Waals surface area contributed by atoms with Crippen LogP contribution in [0.2, 0.25) is 0 Å². The molecule has 0 atom stereocenters. The van der Waals surface area contributed by atoms with Gasteiger partial charge >= 0.3 is 0 Å². The summed E-state index contributed by atoms with van der Waals surface area (Å²) in [5.74, 6) is 0. The maximum absolute atomic E-state index is 11.1. The summed E-state index contributed by atoms with van der Waals surface area (Å²) in [5, 5.41) is 8.37. The molecule has 1 aliphatic rings. The number of sulfonamides is 1. The van der Waals surface area contributed by atoms with E-state index in [9.17, 15) is 8.42 Å². The van der Waals surface area contributed by atoms with Gasteiger partial charge in [0.05, 0.1) is 4.90 Å². The first-order chi connectivity index (χ1) is 6.97. The first-order valence-corrected chi connectivity index (χ1v) is 6.43. The third-order valence-corrected chi connectivity index (χ3v) is 3.44. The molecule has 1 aromatic rings. The molecule has 5 nitrogen and oxygen atoms in total. The molecule has 2 rings (SSSR count). The lowest BCUT2D eigenvalue weighted by Crippen LogP contribution is -2.17. The number of nitrogens with one attached hydrogen (secondary N) is 1. The normalized spacial score (nSPS) is 16.9. The van der Waals surface area contributed by atoms with Gasteiger partial charge in [0.1, 0.15) is 0 Å². The first kappa shape index (κ1) is 10.7. The number of nitrogens with zero attached hydrogens (tertiary/aromatic N) is 1. The molecule has 0 bridgehead atoms. The van der Waals surface area contributed by atoms with Crippen molar-refractivity contribution in [2.24, 2.45) is 12.2 Å². The Morgan fingerprint density at radius 1 is 1.60 bits per heavy atom. The maximum Gasteiger partial charge on any atom is 0.239 e. The van der Waals surface area contributed by atoms with Gasteiger partial charge < -0.3 is 9.88 Å². The molecule has 0 spiro atoms. The van der Waals surface area contributed by atoms with Crippen LogP contribution in [-0.2, 0) is 23.6 Å². The van der Waals surface area contributed by atoms with Crippen molar-refractivity contribution in [3.8, 4) is 0 Å². The smallest absolute Gasteiger partial charge is 0.239 e. The fourth-order valence-electron chi connectivity index (χ4n) is 1.44. The van der Waals surface area contributed by atoms with Crippen molar-refractivity contribution in [2.45, 2.75) is 30.3 Å². The summed E-state index contributed by atoms with van der Waals surface area (Å²) in [6.07, 6.45) is 3.97. The predicted molar refractivity (Wildman–Crippen MR) is 56.6 cm³/mol. The van der Waals surface area contributed by atoms with E-state index in [0.29, 0.717) is 12.6 Å². The van der Waals surface area contributed by atoms with Crippen molar-refractivity contribution < 1.29 is 8.42 Å². The van der Waals surface area contributed by atoms with E-state index in [1.807, 2.05) is 7.05 Å². The van der Waals surface area contributed by atoms with Crippen LogP contribution < -0.4 is 10.5 Å². The van der Waals surface area contributed by atoms with E-state index in [0.717, 1.165) is 5.69 Å². The predicted octanol–water partition coefficient (Wildman–Crippen LogP) is -0.0755. The molecule has 1 heterocycles. The Hall–Kier alpha value is -0.850. The lowest BCUT2D eigenvalue weighted by atomic mass is 10.4. The van der Waals surface area contributed by atoms with E-state index in [2.05, 4.69) is 5.32 Å². The van der Waals surface area contributed by atoms with Crippen LogP contribution in [0, 0.1) is 0 Å². The Balaban J connectivity index is 2.13. The molecule has 1 aliphatic carbocycles. The molecule has 0 radical (unpaired) electrons. The molecular formula is C9H15N3O2S.